The van der Waals surface area contributed by atoms with Crippen LogP contribution in [0.1, 0.15) is 290 Å². The molecule has 0 saturated heterocycles. The highest BCUT2D eigenvalue weighted by atomic mass is 16.6. The molecule has 0 heterocycles. The van der Waals surface area contributed by atoms with E-state index < -0.39 is 6.10 Å². The van der Waals surface area contributed by atoms with Crippen molar-refractivity contribution in [3.8, 4) is 0 Å². The van der Waals surface area contributed by atoms with E-state index >= 15 is 0 Å². The summed E-state index contributed by atoms with van der Waals surface area (Å²) in [4.78, 5) is 37.8. The number of carbonyl (C=O) groups excluding carboxylic acids is 3. The Morgan fingerprint density at radius 3 is 0.884 bits per heavy atom. The molecule has 0 aliphatic heterocycles. The van der Waals surface area contributed by atoms with E-state index in [4.69, 9.17) is 14.2 Å². The Balaban J connectivity index is 4.08. The van der Waals surface area contributed by atoms with E-state index in [2.05, 4.69) is 93.7 Å². The van der Waals surface area contributed by atoms with Crippen LogP contribution >= 0.6 is 0 Å². The quantitative estimate of drug-likeness (QED) is 0.0262. The third-order valence-corrected chi connectivity index (χ3v) is 12.7. The fourth-order valence-electron chi connectivity index (χ4n) is 8.29. The van der Waals surface area contributed by atoms with Crippen LogP contribution in [-0.2, 0) is 28.6 Å². The first-order valence-electron chi connectivity index (χ1n) is 29.4. The van der Waals surface area contributed by atoms with Crippen molar-refractivity contribution in [2.24, 2.45) is 0 Å². The minimum absolute atomic E-state index is 0.0768. The summed E-state index contributed by atoms with van der Waals surface area (Å²) in [7, 11) is 0. The molecule has 0 spiro atoms. The molecule has 0 amide bonds. The van der Waals surface area contributed by atoms with E-state index in [0.717, 1.165) is 96.3 Å². The normalized spacial score (nSPS) is 12.6. The summed E-state index contributed by atoms with van der Waals surface area (Å²) in [6.07, 6.45) is 73.7. The monoisotopic (exact) mass is 963 g/mol. The average Bonchev–Trinajstić information content (AvgIpc) is 3.35. The standard InChI is InChI=1S/C63H110O6/c1-4-7-10-13-15-17-19-21-23-25-27-29-30-31-32-34-35-37-39-41-43-45-47-50-53-56-62(65)68-59-60(58-67-61(64)55-52-49-12-9-6-3)69-63(66)57-54-51-48-46-44-42-40-38-36-33-28-26-24-22-20-18-16-14-11-8-5-2/h7,10,15,17,20-23,26-29,60H,4-6,8-9,11-14,16,18-19,24-25,30-59H2,1-3H3/b10-7-,17-15-,22-20-,23-21-,28-26-,29-27-. The van der Waals surface area contributed by atoms with Crippen LogP contribution in [0.5, 0.6) is 0 Å². The number of unbranched alkanes of at least 4 members (excludes halogenated alkanes) is 30. The molecule has 0 aromatic carbocycles. The van der Waals surface area contributed by atoms with Crippen LogP contribution in [0.25, 0.3) is 0 Å². The fraction of sp³-hybridized carbons (Fsp3) is 0.762. The van der Waals surface area contributed by atoms with E-state index in [9.17, 15) is 14.4 Å². The van der Waals surface area contributed by atoms with Gasteiger partial charge in [-0.15, -0.1) is 0 Å². The average molecular weight is 964 g/mol. The van der Waals surface area contributed by atoms with Gasteiger partial charge >= 0.3 is 17.9 Å². The molecule has 6 nitrogen and oxygen atoms in total. The predicted molar refractivity (Wildman–Crippen MR) is 298 cm³/mol. The highest BCUT2D eigenvalue weighted by molar-refractivity contribution is 5.71. The number of hydrogen-bond acceptors (Lipinski definition) is 6. The summed E-state index contributed by atoms with van der Waals surface area (Å²) in [6, 6.07) is 0. The zero-order valence-corrected chi connectivity index (χ0v) is 45.6. The van der Waals surface area contributed by atoms with Gasteiger partial charge in [0.2, 0.25) is 0 Å². The largest absolute Gasteiger partial charge is 0.462 e. The van der Waals surface area contributed by atoms with Gasteiger partial charge in [-0.25, -0.2) is 0 Å². The Hall–Kier alpha value is -3.15. The molecule has 0 aliphatic rings. The van der Waals surface area contributed by atoms with E-state index in [-0.39, 0.29) is 31.1 Å². The lowest BCUT2D eigenvalue weighted by Crippen LogP contribution is -2.30. The fourth-order valence-corrected chi connectivity index (χ4v) is 8.29. The van der Waals surface area contributed by atoms with Crippen LogP contribution in [0.4, 0.5) is 0 Å². The maximum atomic E-state index is 12.8. The number of esters is 3. The lowest BCUT2D eigenvalue weighted by atomic mass is 10.0. The number of rotatable bonds is 53. The van der Waals surface area contributed by atoms with E-state index in [0.29, 0.717) is 19.3 Å². The molecule has 398 valence electrons. The summed E-state index contributed by atoms with van der Waals surface area (Å²) in [5, 5.41) is 0. The first-order chi connectivity index (χ1) is 34.0. The van der Waals surface area contributed by atoms with E-state index in [1.54, 1.807) is 0 Å². The highest BCUT2D eigenvalue weighted by Crippen LogP contribution is 2.16. The third-order valence-electron chi connectivity index (χ3n) is 12.7. The molecular formula is C63H110O6. The van der Waals surface area contributed by atoms with Crippen molar-refractivity contribution in [3.05, 3.63) is 72.9 Å². The third kappa shape index (κ3) is 55.6. The maximum absolute atomic E-state index is 12.8. The van der Waals surface area contributed by atoms with E-state index in [1.807, 2.05) is 0 Å². The Bertz CT molecular complexity index is 1290. The van der Waals surface area contributed by atoms with Gasteiger partial charge in [0.05, 0.1) is 0 Å². The predicted octanol–water partition coefficient (Wildman–Crippen LogP) is 19.8. The van der Waals surface area contributed by atoms with Crippen molar-refractivity contribution in [2.45, 2.75) is 297 Å². The van der Waals surface area contributed by atoms with E-state index in [1.165, 1.54) is 154 Å². The second-order valence-corrected chi connectivity index (χ2v) is 19.5. The smallest absolute Gasteiger partial charge is 0.306 e. The van der Waals surface area contributed by atoms with Gasteiger partial charge < -0.3 is 14.2 Å². The summed E-state index contributed by atoms with van der Waals surface area (Å²) in [5.74, 6) is -0.888. The van der Waals surface area contributed by atoms with Crippen LogP contribution in [0.15, 0.2) is 72.9 Å². The molecule has 0 aromatic heterocycles. The Morgan fingerprint density at radius 2 is 0.565 bits per heavy atom. The molecule has 0 saturated carbocycles. The van der Waals surface area contributed by atoms with Crippen molar-refractivity contribution >= 4 is 17.9 Å². The SMILES string of the molecule is CC/C=C\C/C=C\C/C=C\C/C=C\CCCCCCCCCCCCCCC(=O)OCC(COC(=O)CCCCCCC)OC(=O)CCCCCCCCCCC/C=C\C/C=C\CCCCCCC. The van der Waals surface area contributed by atoms with Gasteiger partial charge in [-0.05, 0) is 89.9 Å². The van der Waals surface area contributed by atoms with Gasteiger partial charge in [0.15, 0.2) is 6.10 Å². The summed E-state index contributed by atoms with van der Waals surface area (Å²) in [6.45, 7) is 6.45. The number of ether oxygens (including phenoxy) is 3. The second kappa shape index (κ2) is 57.4. The Morgan fingerprint density at radius 1 is 0.304 bits per heavy atom. The van der Waals surface area contributed by atoms with Gasteiger partial charge in [0, 0.05) is 19.3 Å². The van der Waals surface area contributed by atoms with Crippen LogP contribution in [0, 0.1) is 0 Å². The molecule has 0 bridgehead atoms. The zero-order valence-electron chi connectivity index (χ0n) is 45.6. The number of hydrogen-bond donors (Lipinski definition) is 0. The molecule has 0 rings (SSSR count). The summed E-state index contributed by atoms with van der Waals surface area (Å²) < 4.78 is 16.7. The second-order valence-electron chi connectivity index (χ2n) is 19.5. The first kappa shape index (κ1) is 65.8. The van der Waals surface area contributed by atoms with Crippen LogP contribution < -0.4 is 0 Å². The Labute approximate surface area is 427 Å². The maximum Gasteiger partial charge on any atom is 0.306 e. The van der Waals surface area contributed by atoms with Gasteiger partial charge in [0.1, 0.15) is 13.2 Å². The van der Waals surface area contributed by atoms with Gasteiger partial charge in [0.25, 0.3) is 0 Å². The van der Waals surface area contributed by atoms with Crippen molar-refractivity contribution in [1.82, 2.24) is 0 Å². The van der Waals surface area contributed by atoms with Gasteiger partial charge in [-0.1, -0.05) is 254 Å². The molecule has 0 aliphatic carbocycles. The molecule has 0 aromatic rings. The zero-order chi connectivity index (χ0) is 50.0. The summed E-state index contributed by atoms with van der Waals surface area (Å²) >= 11 is 0. The molecule has 0 fully saturated rings. The minimum atomic E-state index is -0.774. The van der Waals surface area contributed by atoms with Crippen molar-refractivity contribution in [3.63, 3.8) is 0 Å². The van der Waals surface area contributed by atoms with Crippen molar-refractivity contribution in [1.29, 1.82) is 0 Å². The highest BCUT2D eigenvalue weighted by Gasteiger charge is 2.19. The van der Waals surface area contributed by atoms with Gasteiger partial charge in [-0.3, -0.25) is 14.4 Å². The topological polar surface area (TPSA) is 78.9 Å². The molecule has 69 heavy (non-hydrogen) atoms. The molecule has 0 N–H and O–H groups in total. The molecule has 6 heteroatoms. The van der Waals surface area contributed by atoms with Crippen LogP contribution in [0.2, 0.25) is 0 Å². The Kier molecular flexibility index (Phi) is 54.8. The number of allylic oxidation sites excluding steroid dienone is 12. The molecule has 1 atom stereocenters. The first-order valence-corrected chi connectivity index (χ1v) is 29.4. The van der Waals surface area contributed by atoms with Crippen LogP contribution in [-0.4, -0.2) is 37.2 Å². The molecular weight excluding hydrogens is 853 g/mol. The number of carbonyl (C=O) groups is 3. The van der Waals surface area contributed by atoms with Crippen molar-refractivity contribution in [2.75, 3.05) is 13.2 Å². The van der Waals surface area contributed by atoms with Crippen LogP contribution in [0.3, 0.4) is 0 Å². The molecule has 0 radical (unpaired) electrons. The minimum Gasteiger partial charge on any atom is -0.462 e. The van der Waals surface area contributed by atoms with Crippen molar-refractivity contribution < 1.29 is 28.6 Å². The molecule has 1 unspecified atom stereocenters. The van der Waals surface area contributed by atoms with Gasteiger partial charge in [-0.2, -0.15) is 0 Å². The lowest BCUT2D eigenvalue weighted by Gasteiger charge is -2.18. The lowest BCUT2D eigenvalue weighted by molar-refractivity contribution is -0.167. The summed E-state index contributed by atoms with van der Waals surface area (Å²) in [5.41, 5.74) is 0.